The highest BCUT2D eigenvalue weighted by molar-refractivity contribution is 5.78. The highest BCUT2D eigenvalue weighted by atomic mass is 16.2. The van der Waals surface area contributed by atoms with E-state index in [2.05, 4.69) is 73.0 Å². The molecule has 0 aromatic heterocycles. The summed E-state index contributed by atoms with van der Waals surface area (Å²) in [6.07, 6.45) is 1.06. The Bertz CT molecular complexity index is 792. The van der Waals surface area contributed by atoms with Crippen molar-refractivity contribution in [3.63, 3.8) is 0 Å². The van der Waals surface area contributed by atoms with Crippen molar-refractivity contribution in [3.05, 3.63) is 64.7 Å². The molecular formula is C24H33N3O. The third-order valence-electron chi connectivity index (χ3n) is 5.84. The fraction of sp³-hybridized carbons (Fsp3) is 0.458. The molecule has 1 heterocycles. The van der Waals surface area contributed by atoms with E-state index in [9.17, 15) is 4.79 Å². The van der Waals surface area contributed by atoms with Crippen LogP contribution in [-0.2, 0) is 17.8 Å². The Balaban J connectivity index is 1.49. The SMILES string of the molecule is CCc1ccc(CN(C)CC(=O)N2CCN(c3cccc(C)c3C)CC2)cc1. The molecule has 0 bridgehead atoms. The molecule has 1 amide bonds. The van der Waals surface area contributed by atoms with Crippen molar-refractivity contribution in [3.8, 4) is 0 Å². The van der Waals surface area contributed by atoms with Gasteiger partial charge in [-0.3, -0.25) is 9.69 Å². The fourth-order valence-corrected chi connectivity index (χ4v) is 3.85. The van der Waals surface area contributed by atoms with Gasteiger partial charge in [0.2, 0.25) is 5.91 Å². The van der Waals surface area contributed by atoms with E-state index >= 15 is 0 Å². The summed E-state index contributed by atoms with van der Waals surface area (Å²) in [6, 6.07) is 15.2. The van der Waals surface area contributed by atoms with Crippen molar-refractivity contribution >= 4 is 11.6 Å². The van der Waals surface area contributed by atoms with Gasteiger partial charge in [0, 0.05) is 38.4 Å². The average Bonchev–Trinajstić information content (AvgIpc) is 2.70. The van der Waals surface area contributed by atoms with Gasteiger partial charge < -0.3 is 9.80 Å². The molecule has 0 saturated carbocycles. The maximum atomic E-state index is 12.7. The van der Waals surface area contributed by atoms with Crippen molar-refractivity contribution in [1.82, 2.24) is 9.80 Å². The Morgan fingerprint density at radius 3 is 2.25 bits per heavy atom. The minimum atomic E-state index is 0.230. The summed E-state index contributed by atoms with van der Waals surface area (Å²) in [5, 5.41) is 0. The lowest BCUT2D eigenvalue weighted by Gasteiger charge is -2.37. The first kappa shape index (κ1) is 20.4. The third-order valence-corrected chi connectivity index (χ3v) is 5.84. The van der Waals surface area contributed by atoms with E-state index in [-0.39, 0.29) is 5.91 Å². The normalized spacial score (nSPS) is 14.6. The third kappa shape index (κ3) is 4.93. The van der Waals surface area contributed by atoms with Crippen LogP contribution >= 0.6 is 0 Å². The van der Waals surface area contributed by atoms with Gasteiger partial charge in [0.1, 0.15) is 0 Å². The predicted octanol–water partition coefficient (Wildman–Crippen LogP) is 3.65. The molecule has 0 aliphatic carbocycles. The molecular weight excluding hydrogens is 346 g/mol. The molecule has 2 aromatic rings. The number of benzene rings is 2. The molecule has 0 spiro atoms. The average molecular weight is 380 g/mol. The van der Waals surface area contributed by atoms with E-state index in [1.54, 1.807) is 0 Å². The van der Waals surface area contributed by atoms with Crippen molar-refractivity contribution in [1.29, 1.82) is 0 Å². The molecule has 0 unspecified atom stereocenters. The van der Waals surface area contributed by atoms with Crippen molar-refractivity contribution in [2.75, 3.05) is 44.7 Å². The van der Waals surface area contributed by atoms with Gasteiger partial charge in [-0.25, -0.2) is 0 Å². The number of carbonyl (C=O) groups is 1. The first-order valence-corrected chi connectivity index (χ1v) is 10.3. The zero-order chi connectivity index (χ0) is 20.1. The van der Waals surface area contributed by atoms with Crippen molar-refractivity contribution in [2.24, 2.45) is 0 Å². The van der Waals surface area contributed by atoms with Gasteiger partial charge in [-0.1, -0.05) is 43.3 Å². The number of carbonyl (C=O) groups excluding carboxylic acids is 1. The summed E-state index contributed by atoms with van der Waals surface area (Å²) in [4.78, 5) is 19.3. The van der Waals surface area contributed by atoms with Crippen LogP contribution in [0.4, 0.5) is 5.69 Å². The number of nitrogens with zero attached hydrogens (tertiary/aromatic N) is 3. The summed E-state index contributed by atoms with van der Waals surface area (Å²) >= 11 is 0. The van der Waals surface area contributed by atoms with Crippen LogP contribution in [0.5, 0.6) is 0 Å². The lowest BCUT2D eigenvalue weighted by Crippen LogP contribution is -2.51. The van der Waals surface area contributed by atoms with Crippen LogP contribution in [0.25, 0.3) is 0 Å². The molecule has 28 heavy (non-hydrogen) atoms. The van der Waals surface area contributed by atoms with Gasteiger partial charge in [0.15, 0.2) is 0 Å². The van der Waals surface area contributed by atoms with Gasteiger partial charge in [-0.2, -0.15) is 0 Å². The Morgan fingerprint density at radius 2 is 1.61 bits per heavy atom. The van der Waals surface area contributed by atoms with Crippen LogP contribution in [0.2, 0.25) is 0 Å². The Hall–Kier alpha value is -2.33. The second kappa shape index (κ2) is 9.24. The maximum Gasteiger partial charge on any atom is 0.236 e. The molecule has 2 aromatic carbocycles. The molecule has 4 nitrogen and oxygen atoms in total. The Labute approximate surface area is 169 Å². The lowest BCUT2D eigenvalue weighted by atomic mass is 10.1. The Kier molecular flexibility index (Phi) is 6.74. The van der Waals surface area contributed by atoms with E-state index in [1.807, 2.05) is 11.9 Å². The zero-order valence-corrected chi connectivity index (χ0v) is 17.7. The van der Waals surface area contributed by atoms with Crippen molar-refractivity contribution in [2.45, 2.75) is 33.7 Å². The van der Waals surface area contributed by atoms with Gasteiger partial charge in [0.05, 0.1) is 6.54 Å². The lowest BCUT2D eigenvalue weighted by molar-refractivity contribution is -0.132. The number of amides is 1. The van der Waals surface area contributed by atoms with E-state index in [4.69, 9.17) is 0 Å². The largest absolute Gasteiger partial charge is 0.368 e. The van der Waals surface area contributed by atoms with Crippen LogP contribution in [0, 0.1) is 13.8 Å². The molecule has 0 atom stereocenters. The summed E-state index contributed by atoms with van der Waals surface area (Å²) in [6.45, 7) is 11.2. The van der Waals surface area contributed by atoms with E-state index in [0.717, 1.165) is 39.1 Å². The van der Waals surface area contributed by atoms with Gasteiger partial charge >= 0.3 is 0 Å². The second-order valence-electron chi connectivity index (χ2n) is 7.93. The molecule has 3 rings (SSSR count). The standard InChI is InChI=1S/C24H33N3O/c1-5-21-9-11-22(12-10-21)17-25(4)18-24(28)27-15-13-26(14-16-27)23-8-6-7-19(2)20(23)3/h6-12H,5,13-18H2,1-4H3. The minimum Gasteiger partial charge on any atom is -0.368 e. The summed E-state index contributed by atoms with van der Waals surface area (Å²) in [5.74, 6) is 0.230. The smallest absolute Gasteiger partial charge is 0.236 e. The van der Waals surface area contributed by atoms with E-state index < -0.39 is 0 Å². The summed E-state index contributed by atoms with van der Waals surface area (Å²) < 4.78 is 0. The zero-order valence-electron chi connectivity index (χ0n) is 17.7. The Morgan fingerprint density at radius 1 is 0.964 bits per heavy atom. The topological polar surface area (TPSA) is 26.8 Å². The van der Waals surface area contributed by atoms with E-state index in [0.29, 0.717) is 6.54 Å². The highest BCUT2D eigenvalue weighted by Gasteiger charge is 2.23. The minimum absolute atomic E-state index is 0.230. The number of anilines is 1. The van der Waals surface area contributed by atoms with Gasteiger partial charge in [-0.05, 0) is 55.6 Å². The van der Waals surface area contributed by atoms with Crippen LogP contribution in [0.1, 0.15) is 29.2 Å². The maximum absolute atomic E-state index is 12.7. The highest BCUT2D eigenvalue weighted by Crippen LogP contribution is 2.23. The number of aryl methyl sites for hydroxylation is 2. The molecule has 150 valence electrons. The summed E-state index contributed by atoms with van der Waals surface area (Å²) in [7, 11) is 2.03. The molecule has 1 saturated heterocycles. The predicted molar refractivity (Wildman–Crippen MR) is 117 cm³/mol. The van der Waals surface area contributed by atoms with E-state index in [1.165, 1.54) is 27.9 Å². The number of rotatable bonds is 6. The van der Waals surface area contributed by atoms with Crippen LogP contribution in [-0.4, -0.2) is 55.5 Å². The van der Waals surface area contributed by atoms with Gasteiger partial charge in [0.25, 0.3) is 0 Å². The molecule has 1 aliphatic rings. The van der Waals surface area contributed by atoms with Crippen LogP contribution < -0.4 is 4.90 Å². The quantitative estimate of drug-likeness (QED) is 0.767. The van der Waals surface area contributed by atoms with Crippen LogP contribution in [0.3, 0.4) is 0 Å². The molecule has 1 fully saturated rings. The first-order valence-electron chi connectivity index (χ1n) is 10.3. The first-order chi connectivity index (χ1) is 13.5. The number of hydrogen-bond acceptors (Lipinski definition) is 3. The van der Waals surface area contributed by atoms with Gasteiger partial charge in [-0.15, -0.1) is 0 Å². The van der Waals surface area contributed by atoms with Crippen LogP contribution in [0.15, 0.2) is 42.5 Å². The molecule has 0 radical (unpaired) electrons. The summed E-state index contributed by atoms with van der Waals surface area (Å²) in [5.41, 5.74) is 6.58. The number of piperazine rings is 1. The monoisotopic (exact) mass is 379 g/mol. The molecule has 1 aliphatic heterocycles. The van der Waals surface area contributed by atoms with Crippen molar-refractivity contribution < 1.29 is 4.79 Å². The second-order valence-corrected chi connectivity index (χ2v) is 7.93. The number of likely N-dealkylation sites (N-methyl/N-ethyl adjacent to an activating group) is 1. The fourth-order valence-electron chi connectivity index (χ4n) is 3.85. The molecule has 4 heteroatoms. The number of hydrogen-bond donors (Lipinski definition) is 0. The molecule has 0 N–H and O–H groups in total.